The van der Waals surface area contributed by atoms with E-state index >= 15 is 0 Å². The largest absolute Gasteiger partial charge is 0.443 e. The van der Waals surface area contributed by atoms with Gasteiger partial charge in [-0.15, -0.1) is 5.06 Å². The molecule has 0 aliphatic carbocycles. The van der Waals surface area contributed by atoms with Crippen molar-refractivity contribution in [2.75, 3.05) is 0 Å². The highest BCUT2D eigenvalue weighted by atomic mass is 16.7. The molecule has 0 bridgehead atoms. The van der Waals surface area contributed by atoms with Crippen molar-refractivity contribution >= 4 is 12.0 Å². The van der Waals surface area contributed by atoms with E-state index in [1.807, 2.05) is 44.2 Å². The zero-order valence-electron chi connectivity index (χ0n) is 11.0. The lowest BCUT2D eigenvalue weighted by atomic mass is 10.1. The maximum Gasteiger partial charge on any atom is 0.441 e. The van der Waals surface area contributed by atoms with Crippen molar-refractivity contribution in [1.82, 2.24) is 5.06 Å². The van der Waals surface area contributed by atoms with E-state index in [0.717, 1.165) is 10.6 Å². The Balaban J connectivity index is 1.89. The van der Waals surface area contributed by atoms with Crippen LogP contribution in [0, 0.1) is 5.92 Å². The van der Waals surface area contributed by atoms with Gasteiger partial charge in [0.1, 0.15) is 6.61 Å². The minimum absolute atomic E-state index is 0.124. The van der Waals surface area contributed by atoms with Crippen LogP contribution >= 0.6 is 0 Å². The number of hydroxylamine groups is 2. The highest BCUT2D eigenvalue weighted by molar-refractivity contribution is 5.91. The Morgan fingerprint density at radius 1 is 1.42 bits per heavy atom. The van der Waals surface area contributed by atoms with Gasteiger partial charge in [0.05, 0.1) is 12.5 Å². The van der Waals surface area contributed by atoms with Gasteiger partial charge in [-0.1, -0.05) is 44.2 Å². The zero-order valence-corrected chi connectivity index (χ0v) is 11.0. The number of carbonyl (C=O) groups excluding carboxylic acids is 2. The summed E-state index contributed by atoms with van der Waals surface area (Å²) in [6.45, 7) is 4.01. The van der Waals surface area contributed by atoms with Crippen LogP contribution in [0.1, 0.15) is 25.8 Å². The van der Waals surface area contributed by atoms with E-state index < -0.39 is 6.09 Å². The number of nitrogens with zero attached hydrogens (tertiary/aromatic N) is 1. The van der Waals surface area contributed by atoms with Gasteiger partial charge in [0.2, 0.25) is 0 Å². The molecule has 102 valence electrons. The van der Waals surface area contributed by atoms with E-state index in [-0.39, 0.29) is 31.0 Å². The fraction of sp³-hybridized carbons (Fsp3) is 0.429. The van der Waals surface area contributed by atoms with Gasteiger partial charge in [-0.25, -0.2) is 4.79 Å². The van der Waals surface area contributed by atoms with E-state index in [4.69, 9.17) is 9.57 Å². The molecule has 0 saturated carbocycles. The van der Waals surface area contributed by atoms with E-state index in [0.29, 0.717) is 0 Å². The number of hydrogen-bond donors (Lipinski definition) is 0. The average Bonchev–Trinajstić information content (AvgIpc) is 2.80. The van der Waals surface area contributed by atoms with E-state index in [1.54, 1.807) is 0 Å². The Kier molecular flexibility index (Phi) is 4.16. The number of amides is 2. The molecule has 2 rings (SSSR count). The van der Waals surface area contributed by atoms with Gasteiger partial charge >= 0.3 is 6.09 Å². The van der Waals surface area contributed by atoms with E-state index in [2.05, 4.69) is 0 Å². The third kappa shape index (κ3) is 3.32. The van der Waals surface area contributed by atoms with Crippen LogP contribution in [0.3, 0.4) is 0 Å². The smallest absolute Gasteiger partial charge is 0.441 e. The molecule has 1 heterocycles. The van der Waals surface area contributed by atoms with Crippen LogP contribution in [0.5, 0.6) is 0 Å². The standard InChI is InChI=1S/C14H17NO4/c1-10(2)12-8-13(16)15(19-12)14(17)18-9-11-6-4-3-5-7-11/h3-7,10,12H,8-9H2,1-2H3/t12-/m0/s1. The Hall–Kier alpha value is -1.88. The number of carbonyl (C=O) groups is 2. The zero-order chi connectivity index (χ0) is 13.8. The van der Waals surface area contributed by atoms with E-state index in [1.165, 1.54) is 0 Å². The monoisotopic (exact) mass is 263 g/mol. The molecule has 0 spiro atoms. The second-order valence-electron chi connectivity index (χ2n) is 4.82. The summed E-state index contributed by atoms with van der Waals surface area (Å²) in [4.78, 5) is 28.7. The van der Waals surface area contributed by atoms with Crippen molar-refractivity contribution < 1.29 is 19.2 Å². The number of hydrogen-bond acceptors (Lipinski definition) is 4. The molecule has 5 heteroatoms. The van der Waals surface area contributed by atoms with Gasteiger partial charge in [-0.2, -0.15) is 0 Å². The average molecular weight is 263 g/mol. The Morgan fingerprint density at radius 2 is 2.11 bits per heavy atom. The number of rotatable bonds is 3. The maximum absolute atomic E-state index is 11.8. The predicted octanol–water partition coefficient (Wildman–Crippen LogP) is 2.51. The summed E-state index contributed by atoms with van der Waals surface area (Å²) >= 11 is 0. The normalized spacial score (nSPS) is 19.0. The molecule has 0 unspecified atom stereocenters. The Bertz CT molecular complexity index is 458. The fourth-order valence-corrected chi connectivity index (χ4v) is 1.77. The van der Waals surface area contributed by atoms with Gasteiger partial charge < -0.3 is 4.74 Å². The number of imide groups is 1. The van der Waals surface area contributed by atoms with Gasteiger partial charge in [-0.3, -0.25) is 9.63 Å². The molecular weight excluding hydrogens is 246 g/mol. The van der Waals surface area contributed by atoms with Gasteiger partial charge in [0, 0.05) is 0 Å². The maximum atomic E-state index is 11.8. The van der Waals surface area contributed by atoms with E-state index in [9.17, 15) is 9.59 Å². The van der Waals surface area contributed by atoms with Crippen LogP contribution in [0.4, 0.5) is 4.79 Å². The number of ether oxygens (including phenoxy) is 1. The molecule has 1 fully saturated rings. The minimum Gasteiger partial charge on any atom is -0.443 e. The van der Waals surface area contributed by atoms with Crippen LogP contribution in [0.2, 0.25) is 0 Å². The molecule has 19 heavy (non-hydrogen) atoms. The summed E-state index contributed by atoms with van der Waals surface area (Å²) < 4.78 is 5.05. The molecule has 0 N–H and O–H groups in total. The lowest BCUT2D eigenvalue weighted by Gasteiger charge is -2.16. The van der Waals surface area contributed by atoms with Gasteiger partial charge in [0.15, 0.2) is 0 Å². The molecule has 5 nitrogen and oxygen atoms in total. The van der Waals surface area contributed by atoms with Gasteiger partial charge in [-0.05, 0) is 11.5 Å². The molecule has 1 aromatic rings. The van der Waals surface area contributed by atoms with Gasteiger partial charge in [0.25, 0.3) is 5.91 Å². The van der Waals surface area contributed by atoms with Crippen molar-refractivity contribution in [2.45, 2.75) is 33.0 Å². The molecule has 1 aliphatic rings. The first-order valence-corrected chi connectivity index (χ1v) is 6.28. The molecule has 0 aromatic heterocycles. The highest BCUT2D eigenvalue weighted by Crippen LogP contribution is 2.22. The van der Waals surface area contributed by atoms with Crippen LogP contribution in [-0.2, 0) is 21.0 Å². The quantitative estimate of drug-likeness (QED) is 0.840. The second kappa shape index (κ2) is 5.84. The van der Waals surface area contributed by atoms with Crippen LogP contribution in [-0.4, -0.2) is 23.2 Å². The summed E-state index contributed by atoms with van der Waals surface area (Å²) in [5.41, 5.74) is 0.864. The Morgan fingerprint density at radius 3 is 2.68 bits per heavy atom. The summed E-state index contributed by atoms with van der Waals surface area (Å²) in [6.07, 6.45) is -0.785. The summed E-state index contributed by atoms with van der Waals surface area (Å²) in [6, 6.07) is 9.28. The van der Waals surface area contributed by atoms with Crippen LogP contribution < -0.4 is 0 Å². The summed E-state index contributed by atoms with van der Waals surface area (Å²) in [7, 11) is 0. The van der Waals surface area contributed by atoms with Crippen molar-refractivity contribution in [3.05, 3.63) is 35.9 Å². The first-order valence-electron chi connectivity index (χ1n) is 6.28. The highest BCUT2D eigenvalue weighted by Gasteiger charge is 2.38. The third-order valence-electron chi connectivity index (χ3n) is 2.96. The second-order valence-corrected chi connectivity index (χ2v) is 4.82. The van der Waals surface area contributed by atoms with Crippen molar-refractivity contribution in [3.8, 4) is 0 Å². The topological polar surface area (TPSA) is 55.8 Å². The van der Waals surface area contributed by atoms with Crippen LogP contribution in [0.25, 0.3) is 0 Å². The lowest BCUT2D eigenvalue weighted by Crippen LogP contribution is -2.32. The molecule has 1 saturated heterocycles. The molecule has 1 aliphatic heterocycles. The van der Waals surface area contributed by atoms with Crippen molar-refractivity contribution in [2.24, 2.45) is 5.92 Å². The minimum atomic E-state index is -0.753. The lowest BCUT2D eigenvalue weighted by molar-refractivity contribution is -0.165. The fourth-order valence-electron chi connectivity index (χ4n) is 1.77. The molecule has 1 atom stereocenters. The Labute approximate surface area is 112 Å². The molecule has 2 amide bonds. The van der Waals surface area contributed by atoms with Crippen molar-refractivity contribution in [3.63, 3.8) is 0 Å². The molecule has 0 radical (unpaired) electrons. The van der Waals surface area contributed by atoms with Crippen molar-refractivity contribution in [1.29, 1.82) is 0 Å². The number of benzene rings is 1. The summed E-state index contributed by atoms with van der Waals surface area (Å²) in [5, 5.41) is 0.730. The summed E-state index contributed by atoms with van der Waals surface area (Å²) in [5.74, 6) is -0.173. The van der Waals surface area contributed by atoms with Crippen LogP contribution in [0.15, 0.2) is 30.3 Å². The SMILES string of the molecule is CC(C)[C@@H]1CC(=O)N(C(=O)OCc2ccccc2)O1. The molecular formula is C14H17NO4. The first kappa shape index (κ1) is 13.5. The first-order chi connectivity index (χ1) is 9.08. The predicted molar refractivity (Wildman–Crippen MR) is 67.8 cm³/mol. The third-order valence-corrected chi connectivity index (χ3v) is 2.96. The molecule has 1 aromatic carbocycles.